The van der Waals surface area contributed by atoms with Gasteiger partial charge in [0.15, 0.2) is 0 Å². The fourth-order valence-electron chi connectivity index (χ4n) is 2.72. The van der Waals surface area contributed by atoms with Crippen molar-refractivity contribution >= 4 is 12.9 Å². The van der Waals surface area contributed by atoms with Gasteiger partial charge in [-0.2, -0.15) is 0 Å². The van der Waals surface area contributed by atoms with Crippen LogP contribution < -0.4 is 0 Å². The van der Waals surface area contributed by atoms with Gasteiger partial charge in [-0.05, 0) is 58.8 Å². The molecule has 1 aliphatic heterocycles. The molecule has 1 saturated heterocycles. The molecule has 22 heavy (non-hydrogen) atoms. The molecular weight excluding hydrogens is 275 g/mol. The van der Waals surface area contributed by atoms with Crippen LogP contribution >= 0.6 is 0 Å². The van der Waals surface area contributed by atoms with Gasteiger partial charge < -0.3 is 14.1 Å². The molecule has 1 atom stereocenters. The van der Waals surface area contributed by atoms with Crippen molar-refractivity contribution in [3.8, 4) is 0 Å². The number of benzene rings is 1. The molecule has 120 valence electrons. The van der Waals surface area contributed by atoms with Crippen LogP contribution in [0.5, 0.6) is 0 Å². The smallest absolute Gasteiger partial charge is 0.403 e. The van der Waals surface area contributed by atoms with Gasteiger partial charge in [0.1, 0.15) is 5.78 Å². The van der Waals surface area contributed by atoms with Crippen molar-refractivity contribution in [1.82, 2.24) is 0 Å². The minimum Gasteiger partial charge on any atom is -0.403 e. The van der Waals surface area contributed by atoms with E-state index in [4.69, 9.17) is 9.31 Å². The molecule has 0 bridgehead atoms. The summed E-state index contributed by atoms with van der Waals surface area (Å²) in [5, 5.41) is 0. The zero-order chi connectivity index (χ0) is 16.4. The highest BCUT2D eigenvalue weighted by molar-refractivity contribution is 6.47. The van der Waals surface area contributed by atoms with E-state index in [0.717, 1.165) is 12.8 Å². The van der Waals surface area contributed by atoms with E-state index in [1.807, 2.05) is 18.2 Å². The first kappa shape index (κ1) is 17.2. The second-order valence-electron chi connectivity index (χ2n) is 7.32. The fourth-order valence-corrected chi connectivity index (χ4v) is 2.72. The van der Waals surface area contributed by atoms with E-state index in [9.17, 15) is 4.79 Å². The highest BCUT2D eigenvalue weighted by atomic mass is 16.7. The predicted molar refractivity (Wildman–Crippen MR) is 89.9 cm³/mol. The summed E-state index contributed by atoms with van der Waals surface area (Å²) in [7, 11) is -0.260. The van der Waals surface area contributed by atoms with Crippen LogP contribution in [0.1, 0.15) is 53.0 Å². The van der Waals surface area contributed by atoms with Crippen LogP contribution in [-0.2, 0) is 20.5 Å². The minimum atomic E-state index is -0.331. The third-order valence-corrected chi connectivity index (χ3v) is 4.86. The van der Waals surface area contributed by atoms with Gasteiger partial charge in [0.25, 0.3) is 0 Å². The van der Waals surface area contributed by atoms with Crippen LogP contribution in [0.25, 0.3) is 0 Å². The molecular formula is C18H27BO3. The Morgan fingerprint density at radius 3 is 2.14 bits per heavy atom. The summed E-state index contributed by atoms with van der Waals surface area (Å²) >= 11 is 0. The van der Waals surface area contributed by atoms with Crippen LogP contribution in [0.4, 0.5) is 0 Å². The van der Waals surface area contributed by atoms with Crippen molar-refractivity contribution in [2.75, 3.05) is 0 Å². The summed E-state index contributed by atoms with van der Waals surface area (Å²) in [6.07, 6.45) is 2.23. The summed E-state index contributed by atoms with van der Waals surface area (Å²) in [5.41, 5.74) is 0.594. The lowest BCUT2D eigenvalue weighted by atomic mass is 9.66. The molecule has 1 heterocycles. The van der Waals surface area contributed by atoms with E-state index in [1.54, 1.807) is 6.92 Å². The summed E-state index contributed by atoms with van der Waals surface area (Å²) in [4.78, 5) is 11.4. The average molecular weight is 302 g/mol. The summed E-state index contributed by atoms with van der Waals surface area (Å²) in [6.45, 7) is 9.91. The molecule has 4 heteroatoms. The topological polar surface area (TPSA) is 35.5 Å². The van der Waals surface area contributed by atoms with Crippen molar-refractivity contribution < 1.29 is 14.1 Å². The highest BCUT2D eigenvalue weighted by Gasteiger charge is 2.53. The summed E-state index contributed by atoms with van der Waals surface area (Å²) in [6, 6.07) is 10.3. The molecule has 0 radical (unpaired) electrons. The van der Waals surface area contributed by atoms with Crippen molar-refractivity contribution in [3.05, 3.63) is 35.9 Å². The third kappa shape index (κ3) is 3.99. The maximum atomic E-state index is 11.4. The molecule has 2 rings (SSSR count). The lowest BCUT2D eigenvalue weighted by Crippen LogP contribution is -2.41. The number of ketones is 1. The Hall–Kier alpha value is -1.13. The number of carbonyl (C=O) groups excluding carboxylic acids is 1. The molecule has 1 unspecified atom stereocenters. The Morgan fingerprint density at radius 2 is 1.64 bits per heavy atom. The fraction of sp³-hybridized carbons (Fsp3) is 0.611. The number of rotatable bonds is 6. The third-order valence-electron chi connectivity index (χ3n) is 4.86. The van der Waals surface area contributed by atoms with Crippen LogP contribution in [0.2, 0.25) is 5.82 Å². The van der Waals surface area contributed by atoms with Crippen molar-refractivity contribution in [3.63, 3.8) is 0 Å². The largest absolute Gasteiger partial charge is 0.461 e. The van der Waals surface area contributed by atoms with E-state index in [-0.39, 0.29) is 29.9 Å². The first-order chi connectivity index (χ1) is 10.2. The van der Waals surface area contributed by atoms with E-state index >= 15 is 0 Å². The molecule has 1 fully saturated rings. The van der Waals surface area contributed by atoms with Crippen LogP contribution in [0.15, 0.2) is 30.3 Å². The SMILES string of the molecule is CC(=O)CCC(Cc1ccccc1)B1OC(C)(C)C(C)(C)O1. The average Bonchev–Trinajstić information content (AvgIpc) is 2.64. The van der Waals surface area contributed by atoms with Gasteiger partial charge in [-0.3, -0.25) is 0 Å². The molecule has 0 spiro atoms. The first-order valence-electron chi connectivity index (χ1n) is 8.10. The van der Waals surface area contributed by atoms with E-state index < -0.39 is 0 Å². The molecule has 0 saturated carbocycles. The van der Waals surface area contributed by atoms with E-state index in [2.05, 4.69) is 39.8 Å². The maximum Gasteiger partial charge on any atom is 0.461 e. The normalized spacial score (nSPS) is 20.9. The number of hydrogen-bond donors (Lipinski definition) is 0. The zero-order valence-electron chi connectivity index (χ0n) is 14.4. The summed E-state index contributed by atoms with van der Waals surface area (Å²) in [5.74, 6) is 0.405. The molecule has 3 nitrogen and oxygen atoms in total. The second-order valence-corrected chi connectivity index (χ2v) is 7.32. The van der Waals surface area contributed by atoms with Gasteiger partial charge in [-0.1, -0.05) is 30.3 Å². The van der Waals surface area contributed by atoms with Gasteiger partial charge in [0.2, 0.25) is 0 Å². The van der Waals surface area contributed by atoms with Gasteiger partial charge in [0.05, 0.1) is 11.2 Å². The molecule has 0 aliphatic carbocycles. The Kier molecular flexibility index (Phi) is 5.13. The lowest BCUT2D eigenvalue weighted by molar-refractivity contribution is -0.117. The van der Waals surface area contributed by atoms with Crippen molar-refractivity contribution in [2.24, 2.45) is 0 Å². The molecule has 1 aromatic carbocycles. The molecule has 0 amide bonds. The van der Waals surface area contributed by atoms with E-state index in [1.165, 1.54) is 5.56 Å². The lowest BCUT2D eigenvalue weighted by Gasteiger charge is -2.32. The Morgan fingerprint density at radius 1 is 1.09 bits per heavy atom. The summed E-state index contributed by atoms with van der Waals surface area (Å²) < 4.78 is 12.4. The maximum absolute atomic E-state index is 11.4. The Balaban J connectivity index is 2.13. The Bertz CT molecular complexity index is 494. The van der Waals surface area contributed by atoms with Crippen LogP contribution in [0, 0.1) is 0 Å². The first-order valence-corrected chi connectivity index (χ1v) is 8.10. The van der Waals surface area contributed by atoms with Crippen molar-refractivity contribution in [1.29, 1.82) is 0 Å². The molecule has 0 aromatic heterocycles. The van der Waals surface area contributed by atoms with Crippen LogP contribution in [0.3, 0.4) is 0 Å². The highest BCUT2D eigenvalue weighted by Crippen LogP contribution is 2.41. The van der Waals surface area contributed by atoms with Gasteiger partial charge in [-0.25, -0.2) is 0 Å². The zero-order valence-corrected chi connectivity index (χ0v) is 14.4. The van der Waals surface area contributed by atoms with Gasteiger partial charge in [-0.15, -0.1) is 0 Å². The number of carbonyl (C=O) groups is 1. The molecule has 0 N–H and O–H groups in total. The quantitative estimate of drug-likeness (QED) is 0.743. The van der Waals surface area contributed by atoms with Crippen molar-refractivity contribution in [2.45, 2.75) is 70.9 Å². The van der Waals surface area contributed by atoms with Crippen LogP contribution in [-0.4, -0.2) is 24.1 Å². The molecule has 1 aromatic rings. The number of hydrogen-bond acceptors (Lipinski definition) is 3. The predicted octanol–water partition coefficient (Wildman–Crippen LogP) is 4.06. The second kappa shape index (κ2) is 6.55. The van der Waals surface area contributed by atoms with Gasteiger partial charge >= 0.3 is 7.12 Å². The van der Waals surface area contributed by atoms with Gasteiger partial charge in [0, 0.05) is 6.42 Å². The Labute approximate surface area is 134 Å². The monoisotopic (exact) mass is 302 g/mol. The van der Waals surface area contributed by atoms with E-state index in [0.29, 0.717) is 6.42 Å². The molecule has 1 aliphatic rings. The minimum absolute atomic E-state index is 0.187. The standard InChI is InChI=1S/C18H27BO3/c1-14(20)11-12-16(13-15-9-7-6-8-10-15)19-21-17(2,3)18(4,5)22-19/h6-10,16H,11-13H2,1-5H3. The number of Topliss-reactive ketones (excluding diaryl/α,β-unsaturated/α-hetero) is 1.